The third-order valence-corrected chi connectivity index (χ3v) is 4.98. The molecule has 2 heterocycles. The molecule has 0 bridgehead atoms. The van der Waals surface area contributed by atoms with Gasteiger partial charge in [0.1, 0.15) is 11.6 Å². The molecule has 1 unspecified atom stereocenters. The van der Waals surface area contributed by atoms with E-state index in [4.69, 9.17) is 4.74 Å². The van der Waals surface area contributed by atoms with Crippen LogP contribution in [0.5, 0.6) is 5.75 Å². The summed E-state index contributed by atoms with van der Waals surface area (Å²) in [5.41, 5.74) is 0.913. The summed E-state index contributed by atoms with van der Waals surface area (Å²) in [6.45, 7) is 2.92. The van der Waals surface area contributed by atoms with Gasteiger partial charge in [-0.3, -0.25) is 9.78 Å². The number of benzene rings is 1. The van der Waals surface area contributed by atoms with Crippen LogP contribution in [0.2, 0.25) is 0 Å². The lowest BCUT2D eigenvalue weighted by Crippen LogP contribution is -2.40. The topological polar surface area (TPSA) is 54.5 Å². The fourth-order valence-corrected chi connectivity index (χ4v) is 3.49. The van der Waals surface area contributed by atoms with Crippen LogP contribution in [0, 0.1) is 5.82 Å². The van der Waals surface area contributed by atoms with E-state index in [1.807, 2.05) is 23.1 Å². The summed E-state index contributed by atoms with van der Waals surface area (Å²) in [5, 5.41) is 3.41. The van der Waals surface area contributed by atoms with Crippen molar-refractivity contribution in [2.75, 3.05) is 19.7 Å². The molecule has 3 rings (SSSR count). The van der Waals surface area contributed by atoms with Gasteiger partial charge in [-0.05, 0) is 75.2 Å². The van der Waals surface area contributed by atoms with E-state index in [1.54, 1.807) is 18.3 Å². The second-order valence-electron chi connectivity index (χ2n) is 7.08. The number of rotatable bonds is 8. The molecule has 1 aromatic heterocycles. The molecule has 0 aliphatic carbocycles. The van der Waals surface area contributed by atoms with E-state index < -0.39 is 0 Å². The Labute approximate surface area is 165 Å². The van der Waals surface area contributed by atoms with Crippen molar-refractivity contribution in [3.63, 3.8) is 0 Å². The molecule has 0 radical (unpaired) electrons. The van der Waals surface area contributed by atoms with E-state index in [2.05, 4.69) is 10.3 Å². The number of halogens is 1. The van der Waals surface area contributed by atoms with Crippen molar-refractivity contribution in [2.24, 2.45) is 0 Å². The summed E-state index contributed by atoms with van der Waals surface area (Å²) in [6, 6.07) is 12.0. The summed E-state index contributed by atoms with van der Waals surface area (Å²) < 4.78 is 18.6. The van der Waals surface area contributed by atoms with Gasteiger partial charge >= 0.3 is 0 Å². The molecule has 6 heteroatoms. The number of carbonyl (C=O) groups is 1. The quantitative estimate of drug-likeness (QED) is 0.706. The number of ether oxygens (including phenoxy) is 1. The second-order valence-corrected chi connectivity index (χ2v) is 7.08. The molecule has 1 aliphatic rings. The first-order valence-electron chi connectivity index (χ1n) is 10.0. The Bertz CT molecular complexity index is 716. The first kappa shape index (κ1) is 20.3. The van der Waals surface area contributed by atoms with Crippen LogP contribution >= 0.6 is 0 Å². The molecule has 150 valence electrons. The van der Waals surface area contributed by atoms with Crippen molar-refractivity contribution < 1.29 is 13.9 Å². The summed E-state index contributed by atoms with van der Waals surface area (Å²) >= 11 is 0. The van der Waals surface area contributed by atoms with Gasteiger partial charge in [0.2, 0.25) is 5.91 Å². The van der Waals surface area contributed by atoms with Crippen LogP contribution in [0.1, 0.15) is 37.8 Å². The van der Waals surface area contributed by atoms with Crippen molar-refractivity contribution in [1.29, 1.82) is 0 Å². The van der Waals surface area contributed by atoms with Gasteiger partial charge in [0, 0.05) is 18.7 Å². The highest BCUT2D eigenvalue weighted by atomic mass is 19.1. The number of hydrogen-bond acceptors (Lipinski definition) is 4. The van der Waals surface area contributed by atoms with Gasteiger partial charge in [0.15, 0.2) is 0 Å². The van der Waals surface area contributed by atoms with Crippen LogP contribution in [-0.2, 0) is 11.3 Å². The fourth-order valence-electron chi connectivity index (χ4n) is 3.49. The van der Waals surface area contributed by atoms with Crippen LogP contribution in [-0.4, -0.2) is 41.5 Å². The number of nitrogens with zero attached hydrogens (tertiary/aromatic N) is 2. The Hall–Kier alpha value is -2.47. The molecule has 1 amide bonds. The van der Waals surface area contributed by atoms with E-state index in [-0.39, 0.29) is 17.8 Å². The lowest BCUT2D eigenvalue weighted by molar-refractivity contribution is -0.134. The lowest BCUT2D eigenvalue weighted by atomic mass is 10.1. The molecule has 0 spiro atoms. The van der Waals surface area contributed by atoms with Crippen LogP contribution in [0.25, 0.3) is 0 Å². The first-order valence-corrected chi connectivity index (χ1v) is 10.0. The third-order valence-electron chi connectivity index (χ3n) is 4.98. The highest BCUT2D eigenvalue weighted by Crippen LogP contribution is 2.18. The maximum absolute atomic E-state index is 13.0. The molecular formula is C22H28FN3O2. The van der Waals surface area contributed by atoms with Crippen molar-refractivity contribution in [3.8, 4) is 5.75 Å². The lowest BCUT2D eigenvalue weighted by Gasteiger charge is -2.31. The van der Waals surface area contributed by atoms with E-state index in [9.17, 15) is 9.18 Å². The Kier molecular flexibility index (Phi) is 7.79. The van der Waals surface area contributed by atoms with Crippen molar-refractivity contribution in [2.45, 2.75) is 44.7 Å². The monoisotopic (exact) mass is 385 g/mol. The summed E-state index contributed by atoms with van der Waals surface area (Å²) in [6.07, 6.45) is 5.87. The second kappa shape index (κ2) is 10.8. The zero-order chi connectivity index (χ0) is 19.6. The van der Waals surface area contributed by atoms with E-state index in [0.29, 0.717) is 31.7 Å². The Morgan fingerprint density at radius 3 is 2.82 bits per heavy atom. The number of carbonyl (C=O) groups excluding carboxylic acids is 1. The average Bonchev–Trinajstić information content (AvgIpc) is 3.01. The number of aromatic nitrogens is 1. The highest BCUT2D eigenvalue weighted by molar-refractivity contribution is 5.76. The van der Waals surface area contributed by atoms with Gasteiger partial charge < -0.3 is 15.0 Å². The van der Waals surface area contributed by atoms with Crippen LogP contribution in [0.15, 0.2) is 48.7 Å². The van der Waals surface area contributed by atoms with Gasteiger partial charge in [0.05, 0.1) is 18.8 Å². The third kappa shape index (κ3) is 6.30. The number of nitrogens with one attached hydrogen (secondary N) is 1. The van der Waals surface area contributed by atoms with Gasteiger partial charge in [0.25, 0.3) is 0 Å². The number of hydrogen-bond donors (Lipinski definition) is 1. The SMILES string of the molecule is O=C(CCCOc1ccc(F)cc1)N(Cc1ccccn1)C1CCCNCC1. The molecule has 1 aliphatic heterocycles. The first-order chi connectivity index (χ1) is 13.7. The Balaban J connectivity index is 1.55. The predicted molar refractivity (Wildman–Crippen MR) is 106 cm³/mol. The van der Waals surface area contributed by atoms with Crippen LogP contribution in [0.4, 0.5) is 4.39 Å². The van der Waals surface area contributed by atoms with Gasteiger partial charge in [-0.2, -0.15) is 0 Å². The Morgan fingerprint density at radius 1 is 1.18 bits per heavy atom. The number of pyridine rings is 1. The van der Waals surface area contributed by atoms with Crippen molar-refractivity contribution in [1.82, 2.24) is 15.2 Å². The smallest absolute Gasteiger partial charge is 0.223 e. The molecule has 1 aromatic carbocycles. The van der Waals surface area contributed by atoms with Gasteiger partial charge in [-0.25, -0.2) is 4.39 Å². The average molecular weight is 385 g/mol. The molecule has 28 heavy (non-hydrogen) atoms. The van der Waals surface area contributed by atoms with E-state index in [1.165, 1.54) is 12.1 Å². The highest BCUT2D eigenvalue weighted by Gasteiger charge is 2.24. The molecule has 1 saturated heterocycles. The van der Waals surface area contributed by atoms with E-state index >= 15 is 0 Å². The summed E-state index contributed by atoms with van der Waals surface area (Å²) in [5.74, 6) is 0.472. The van der Waals surface area contributed by atoms with Crippen LogP contribution < -0.4 is 10.1 Å². The van der Waals surface area contributed by atoms with Crippen molar-refractivity contribution in [3.05, 3.63) is 60.2 Å². The minimum atomic E-state index is -0.286. The molecule has 1 fully saturated rings. The molecular weight excluding hydrogens is 357 g/mol. The predicted octanol–water partition coefficient (Wildman–Crippen LogP) is 3.55. The standard InChI is InChI=1S/C22H28FN3O2/c23-18-8-10-21(11-9-18)28-16-4-7-22(27)26(17-19-5-1-2-14-25-19)20-6-3-13-24-15-12-20/h1-2,5,8-11,14,20,24H,3-4,6-7,12-13,15-17H2. The Morgan fingerprint density at radius 2 is 2.04 bits per heavy atom. The van der Waals surface area contributed by atoms with E-state index in [0.717, 1.165) is 38.0 Å². The minimum Gasteiger partial charge on any atom is -0.494 e. The maximum atomic E-state index is 13.0. The normalized spacial score (nSPS) is 17.0. The fraction of sp³-hybridized carbons (Fsp3) is 0.455. The zero-order valence-electron chi connectivity index (χ0n) is 16.1. The van der Waals surface area contributed by atoms with Crippen molar-refractivity contribution >= 4 is 5.91 Å². The molecule has 1 atom stereocenters. The summed E-state index contributed by atoms with van der Waals surface area (Å²) in [4.78, 5) is 19.4. The molecule has 0 saturated carbocycles. The largest absolute Gasteiger partial charge is 0.494 e. The minimum absolute atomic E-state index is 0.139. The molecule has 5 nitrogen and oxygen atoms in total. The van der Waals surface area contributed by atoms with Gasteiger partial charge in [-0.1, -0.05) is 6.07 Å². The zero-order valence-corrected chi connectivity index (χ0v) is 16.1. The summed E-state index contributed by atoms with van der Waals surface area (Å²) in [7, 11) is 0. The molecule has 1 N–H and O–H groups in total. The van der Waals surface area contributed by atoms with Gasteiger partial charge in [-0.15, -0.1) is 0 Å². The maximum Gasteiger partial charge on any atom is 0.223 e. The molecule has 2 aromatic rings. The van der Waals surface area contributed by atoms with Crippen LogP contribution in [0.3, 0.4) is 0 Å². The number of amides is 1.